The zero-order valence-corrected chi connectivity index (χ0v) is 15.1. The zero-order valence-electron chi connectivity index (χ0n) is 15.1. The van der Waals surface area contributed by atoms with E-state index >= 15 is 0 Å². The monoisotopic (exact) mass is 372 g/mol. The van der Waals surface area contributed by atoms with Gasteiger partial charge in [-0.2, -0.15) is 0 Å². The van der Waals surface area contributed by atoms with Crippen LogP contribution in [0.5, 0.6) is 0 Å². The minimum Gasteiger partial charge on any atom is -0.480 e. The molecule has 3 N–H and O–H groups in total. The largest absolute Gasteiger partial charge is 0.480 e. The Bertz CT molecular complexity index is 766. The van der Waals surface area contributed by atoms with Crippen molar-refractivity contribution in [3.05, 3.63) is 23.9 Å². The van der Waals surface area contributed by atoms with Crippen molar-refractivity contribution in [2.75, 3.05) is 25.4 Å². The number of nitrogens with zero attached hydrogens (tertiary/aromatic N) is 3. The number of hydrogen-bond acceptors (Lipinski definition) is 5. The standard InChI is InChI=1S/C19H24N4O4/c20-15-4-3-13(10-21-15)16(24)22-7-5-19(6-8-22)9-14(18(26)27)23(11-19)17(25)12-1-2-12/h3-4,10,12,14H,1-2,5-9,11H2,(H2,20,21)(H,26,27). The molecule has 1 atom stereocenters. The number of carbonyl (C=O) groups excluding carboxylic acids is 2. The highest BCUT2D eigenvalue weighted by atomic mass is 16.4. The highest BCUT2D eigenvalue weighted by Gasteiger charge is 2.52. The van der Waals surface area contributed by atoms with E-state index in [2.05, 4.69) is 4.98 Å². The van der Waals surface area contributed by atoms with Crippen LogP contribution in [0.25, 0.3) is 0 Å². The van der Waals surface area contributed by atoms with Crippen molar-refractivity contribution in [2.45, 2.75) is 38.1 Å². The van der Waals surface area contributed by atoms with Gasteiger partial charge in [0, 0.05) is 31.7 Å². The number of hydrogen-bond donors (Lipinski definition) is 2. The maximum absolute atomic E-state index is 12.6. The topological polar surface area (TPSA) is 117 Å². The molecule has 2 aliphatic heterocycles. The molecule has 27 heavy (non-hydrogen) atoms. The molecule has 8 nitrogen and oxygen atoms in total. The van der Waals surface area contributed by atoms with E-state index in [1.54, 1.807) is 21.9 Å². The van der Waals surface area contributed by atoms with Crippen LogP contribution in [0.2, 0.25) is 0 Å². The number of nitrogens with two attached hydrogens (primary N) is 1. The fourth-order valence-corrected chi connectivity index (χ4v) is 4.33. The molecule has 0 radical (unpaired) electrons. The molecule has 3 fully saturated rings. The fraction of sp³-hybridized carbons (Fsp3) is 0.579. The Hall–Kier alpha value is -2.64. The van der Waals surface area contributed by atoms with Gasteiger partial charge in [-0.1, -0.05) is 0 Å². The van der Waals surface area contributed by atoms with Crippen molar-refractivity contribution in [3.8, 4) is 0 Å². The van der Waals surface area contributed by atoms with Gasteiger partial charge in [-0.05, 0) is 49.7 Å². The average molecular weight is 372 g/mol. The third kappa shape index (κ3) is 3.36. The van der Waals surface area contributed by atoms with Crippen molar-refractivity contribution in [1.29, 1.82) is 0 Å². The van der Waals surface area contributed by atoms with Gasteiger partial charge in [-0.25, -0.2) is 9.78 Å². The molecular formula is C19H24N4O4. The maximum Gasteiger partial charge on any atom is 0.326 e. The Labute approximate surface area is 157 Å². The number of aliphatic carboxylic acids is 1. The highest BCUT2D eigenvalue weighted by Crippen LogP contribution is 2.45. The molecule has 1 unspecified atom stereocenters. The van der Waals surface area contributed by atoms with E-state index in [4.69, 9.17) is 5.73 Å². The summed E-state index contributed by atoms with van der Waals surface area (Å²) in [7, 11) is 0. The maximum atomic E-state index is 12.6. The number of anilines is 1. The first-order chi connectivity index (χ1) is 12.9. The third-order valence-corrected chi connectivity index (χ3v) is 6.15. The molecular weight excluding hydrogens is 348 g/mol. The van der Waals surface area contributed by atoms with Crippen LogP contribution in [0.4, 0.5) is 5.82 Å². The second-order valence-corrected chi connectivity index (χ2v) is 8.06. The Morgan fingerprint density at radius 2 is 1.89 bits per heavy atom. The zero-order chi connectivity index (χ0) is 19.2. The third-order valence-electron chi connectivity index (χ3n) is 6.15. The van der Waals surface area contributed by atoms with Crippen LogP contribution >= 0.6 is 0 Å². The quantitative estimate of drug-likeness (QED) is 0.817. The first-order valence-electron chi connectivity index (χ1n) is 9.43. The number of aromatic nitrogens is 1. The Kier molecular flexibility index (Phi) is 4.28. The molecule has 1 aromatic rings. The molecule has 2 saturated heterocycles. The van der Waals surface area contributed by atoms with Gasteiger partial charge in [0.15, 0.2) is 0 Å². The second kappa shape index (κ2) is 6.51. The van der Waals surface area contributed by atoms with Crippen LogP contribution in [0.1, 0.15) is 42.5 Å². The molecule has 0 bridgehead atoms. The van der Waals surface area contributed by atoms with E-state index in [1.807, 2.05) is 0 Å². The summed E-state index contributed by atoms with van der Waals surface area (Å²) in [5.74, 6) is -0.633. The summed E-state index contributed by atoms with van der Waals surface area (Å²) in [5, 5.41) is 9.58. The number of rotatable bonds is 3. The van der Waals surface area contributed by atoms with E-state index in [0.717, 1.165) is 12.8 Å². The van der Waals surface area contributed by atoms with Crippen LogP contribution in [0.15, 0.2) is 18.3 Å². The molecule has 1 spiro atoms. The van der Waals surface area contributed by atoms with Gasteiger partial charge in [0.1, 0.15) is 11.9 Å². The molecule has 1 aromatic heterocycles. The first kappa shape index (κ1) is 17.8. The van der Waals surface area contributed by atoms with E-state index in [-0.39, 0.29) is 23.1 Å². The van der Waals surface area contributed by atoms with E-state index in [9.17, 15) is 19.5 Å². The highest BCUT2D eigenvalue weighted by molar-refractivity contribution is 5.94. The summed E-state index contributed by atoms with van der Waals surface area (Å²) in [6, 6.07) is 2.54. The van der Waals surface area contributed by atoms with Crippen LogP contribution in [0.3, 0.4) is 0 Å². The first-order valence-corrected chi connectivity index (χ1v) is 9.43. The van der Waals surface area contributed by atoms with Crippen LogP contribution < -0.4 is 5.73 Å². The minimum absolute atomic E-state index is 0.00858. The van der Waals surface area contributed by atoms with Gasteiger partial charge in [-0.15, -0.1) is 0 Å². The van der Waals surface area contributed by atoms with E-state index in [1.165, 1.54) is 6.20 Å². The van der Waals surface area contributed by atoms with Gasteiger partial charge in [0.05, 0.1) is 5.56 Å². The predicted molar refractivity (Wildman–Crippen MR) is 96.7 cm³/mol. The average Bonchev–Trinajstić information content (AvgIpc) is 3.44. The van der Waals surface area contributed by atoms with Gasteiger partial charge in [0.2, 0.25) is 5.91 Å². The van der Waals surface area contributed by atoms with E-state index in [0.29, 0.717) is 50.3 Å². The number of piperidine rings is 1. The summed E-state index contributed by atoms with van der Waals surface area (Å²) in [6.45, 7) is 1.60. The lowest BCUT2D eigenvalue weighted by atomic mass is 9.76. The molecule has 1 aliphatic carbocycles. The smallest absolute Gasteiger partial charge is 0.326 e. The molecule has 144 valence electrons. The van der Waals surface area contributed by atoms with Crippen LogP contribution in [-0.2, 0) is 9.59 Å². The van der Waals surface area contributed by atoms with Gasteiger partial charge >= 0.3 is 5.97 Å². The fourth-order valence-electron chi connectivity index (χ4n) is 4.33. The normalized spacial score (nSPS) is 24.2. The molecule has 2 amide bonds. The van der Waals surface area contributed by atoms with Crippen molar-refractivity contribution < 1.29 is 19.5 Å². The number of amides is 2. The summed E-state index contributed by atoms with van der Waals surface area (Å²) in [4.78, 5) is 44.2. The summed E-state index contributed by atoms with van der Waals surface area (Å²) >= 11 is 0. The Balaban J connectivity index is 1.43. The molecule has 4 rings (SSSR count). The Morgan fingerprint density at radius 3 is 2.44 bits per heavy atom. The van der Waals surface area contributed by atoms with Crippen molar-refractivity contribution in [2.24, 2.45) is 11.3 Å². The second-order valence-electron chi connectivity index (χ2n) is 8.06. The van der Waals surface area contributed by atoms with Gasteiger partial charge in [-0.3, -0.25) is 9.59 Å². The van der Waals surface area contributed by atoms with Crippen molar-refractivity contribution in [3.63, 3.8) is 0 Å². The van der Waals surface area contributed by atoms with Gasteiger partial charge in [0.25, 0.3) is 5.91 Å². The van der Waals surface area contributed by atoms with E-state index < -0.39 is 12.0 Å². The predicted octanol–water partition coefficient (Wildman–Crippen LogP) is 0.982. The lowest BCUT2D eigenvalue weighted by molar-refractivity contribution is -0.148. The summed E-state index contributed by atoms with van der Waals surface area (Å²) in [6.07, 6.45) is 5.11. The van der Waals surface area contributed by atoms with Crippen LogP contribution in [0, 0.1) is 11.3 Å². The molecule has 3 aliphatic rings. The number of likely N-dealkylation sites (tertiary alicyclic amines) is 2. The molecule has 8 heteroatoms. The minimum atomic E-state index is -0.924. The number of carbonyl (C=O) groups is 3. The number of nitrogen functional groups attached to an aromatic ring is 1. The van der Waals surface area contributed by atoms with Crippen LogP contribution in [-0.4, -0.2) is 63.4 Å². The lowest BCUT2D eigenvalue weighted by Crippen LogP contribution is -2.45. The SMILES string of the molecule is Nc1ccc(C(=O)N2CCC3(CC2)CC(C(=O)O)N(C(=O)C2CC2)C3)cn1. The number of carboxylic acids is 1. The Morgan fingerprint density at radius 1 is 1.19 bits per heavy atom. The molecule has 0 aromatic carbocycles. The van der Waals surface area contributed by atoms with Crippen molar-refractivity contribution >= 4 is 23.6 Å². The number of carboxylic acid groups (broad SMARTS) is 1. The lowest BCUT2D eigenvalue weighted by Gasteiger charge is -2.39. The summed E-state index contributed by atoms with van der Waals surface area (Å²) in [5.41, 5.74) is 5.86. The summed E-state index contributed by atoms with van der Waals surface area (Å²) < 4.78 is 0. The molecule has 3 heterocycles. The van der Waals surface area contributed by atoms with Gasteiger partial charge < -0.3 is 20.6 Å². The number of pyridine rings is 1. The van der Waals surface area contributed by atoms with Crippen molar-refractivity contribution in [1.82, 2.24) is 14.8 Å². The molecule has 1 saturated carbocycles.